The number of hydrogen-bond donors (Lipinski definition) is 3. The molecule has 7 rings (SSSR count). The number of nitrogens with two attached hydrogens (primary N) is 1. The van der Waals surface area contributed by atoms with E-state index >= 15 is 0 Å². The summed E-state index contributed by atoms with van der Waals surface area (Å²) in [5.74, 6) is 0.335. The second kappa shape index (κ2) is 8.36. The zero-order valence-electron chi connectivity index (χ0n) is 20.7. The van der Waals surface area contributed by atoms with Crippen LogP contribution in [0.3, 0.4) is 0 Å². The van der Waals surface area contributed by atoms with Crippen LogP contribution in [0.25, 0.3) is 11.1 Å². The molecular weight excluding hydrogens is 483 g/mol. The van der Waals surface area contributed by atoms with Crippen LogP contribution in [-0.2, 0) is 11.3 Å². The van der Waals surface area contributed by atoms with Crippen molar-refractivity contribution in [1.82, 2.24) is 10.3 Å². The molecule has 0 unspecified atom stereocenters. The quantitative estimate of drug-likeness (QED) is 0.269. The lowest BCUT2D eigenvalue weighted by molar-refractivity contribution is -0.905. The highest BCUT2D eigenvalue weighted by molar-refractivity contribution is 5.94. The first kappa shape index (κ1) is 22.9. The number of halogens is 1. The first-order chi connectivity index (χ1) is 18.4. The van der Waals surface area contributed by atoms with Crippen molar-refractivity contribution in [2.75, 3.05) is 5.73 Å². The van der Waals surface area contributed by atoms with Crippen molar-refractivity contribution in [2.24, 2.45) is 0 Å². The molecule has 2 aliphatic heterocycles. The van der Waals surface area contributed by atoms with Gasteiger partial charge >= 0.3 is 0 Å². The van der Waals surface area contributed by atoms with Crippen LogP contribution in [0.2, 0.25) is 0 Å². The maximum absolute atomic E-state index is 14.5. The Morgan fingerprint density at radius 3 is 2.58 bits per heavy atom. The fourth-order valence-corrected chi connectivity index (χ4v) is 5.86. The van der Waals surface area contributed by atoms with Gasteiger partial charge in [0, 0.05) is 34.2 Å². The standard InChI is InChI=1S/C30H25FN4O3/c1-15-25(22(16-2-3-16)12-27(32)34-15)13-33-30(36)18-5-7-21-24(11-18)29-23-10-17(4-6-20(23)28(21)38-29)19-8-9-35(37)14-26(19)31/h4-12,14,16,28-29H,2-3,13H2,1H3,(H3-,32,33,34,36,37)/p+1/t28-,29+/m0/s1. The van der Waals surface area contributed by atoms with Crippen molar-refractivity contribution in [2.45, 2.75) is 44.4 Å². The van der Waals surface area contributed by atoms with E-state index in [0.717, 1.165) is 52.5 Å². The second-order valence-corrected chi connectivity index (χ2v) is 10.3. The van der Waals surface area contributed by atoms with Crippen molar-refractivity contribution < 1.29 is 23.9 Å². The smallest absolute Gasteiger partial charge is 0.258 e. The minimum Gasteiger partial charge on any atom is -0.384 e. The highest BCUT2D eigenvalue weighted by Crippen LogP contribution is 2.55. The molecule has 2 atom stereocenters. The molecule has 1 amide bonds. The molecule has 1 saturated carbocycles. The Hall–Kier alpha value is -4.30. The third-order valence-corrected chi connectivity index (χ3v) is 7.87. The lowest BCUT2D eigenvalue weighted by Crippen LogP contribution is -2.29. The van der Waals surface area contributed by atoms with E-state index in [1.165, 1.54) is 17.8 Å². The summed E-state index contributed by atoms with van der Waals surface area (Å²) in [4.78, 5) is 17.6. The molecule has 0 radical (unpaired) electrons. The zero-order chi connectivity index (χ0) is 26.1. The van der Waals surface area contributed by atoms with Gasteiger partial charge < -0.3 is 15.8 Å². The number of amides is 1. The minimum absolute atomic E-state index is 0.161. The second-order valence-electron chi connectivity index (χ2n) is 10.3. The average Bonchev–Trinajstić information content (AvgIpc) is 3.59. The van der Waals surface area contributed by atoms with E-state index in [2.05, 4.69) is 10.3 Å². The van der Waals surface area contributed by atoms with Crippen LogP contribution in [0.15, 0.2) is 60.9 Å². The molecule has 3 aliphatic rings. The van der Waals surface area contributed by atoms with Gasteiger partial charge in [-0.1, -0.05) is 18.2 Å². The van der Waals surface area contributed by atoms with E-state index in [1.807, 2.05) is 49.4 Å². The number of nitrogen functional groups attached to an aromatic ring is 1. The molecule has 2 aromatic carbocycles. The fourth-order valence-electron chi connectivity index (χ4n) is 5.86. The van der Waals surface area contributed by atoms with Crippen LogP contribution in [0.4, 0.5) is 10.2 Å². The van der Waals surface area contributed by atoms with Crippen LogP contribution in [0.1, 0.15) is 80.4 Å². The summed E-state index contributed by atoms with van der Waals surface area (Å²) in [6.45, 7) is 2.33. The molecule has 1 aliphatic carbocycles. The highest BCUT2D eigenvalue weighted by atomic mass is 19.1. The Balaban J connectivity index is 1.15. The zero-order valence-corrected chi connectivity index (χ0v) is 20.7. The summed E-state index contributed by atoms with van der Waals surface area (Å²) < 4.78 is 21.5. The molecule has 38 heavy (non-hydrogen) atoms. The maximum atomic E-state index is 14.5. The Morgan fingerprint density at radius 2 is 1.82 bits per heavy atom. The number of nitrogens with zero attached hydrogens (tertiary/aromatic N) is 2. The number of rotatable bonds is 5. The molecule has 2 bridgehead atoms. The number of anilines is 1. The van der Waals surface area contributed by atoms with Crippen LogP contribution in [-0.4, -0.2) is 16.1 Å². The molecule has 2 aromatic heterocycles. The van der Waals surface area contributed by atoms with E-state index < -0.39 is 5.82 Å². The third-order valence-electron chi connectivity index (χ3n) is 7.87. The number of hydrogen-bond acceptors (Lipinski definition) is 5. The topological polar surface area (TPSA) is 101 Å². The van der Waals surface area contributed by atoms with E-state index in [4.69, 9.17) is 10.5 Å². The normalized spacial score (nSPS) is 18.8. The Morgan fingerprint density at radius 1 is 1.08 bits per heavy atom. The fraction of sp³-hybridized carbons (Fsp3) is 0.233. The predicted molar refractivity (Wildman–Crippen MR) is 137 cm³/mol. The van der Waals surface area contributed by atoms with Crippen LogP contribution >= 0.6 is 0 Å². The highest BCUT2D eigenvalue weighted by Gasteiger charge is 2.43. The molecule has 0 saturated heterocycles. The largest absolute Gasteiger partial charge is 0.384 e. The van der Waals surface area contributed by atoms with Gasteiger partial charge in [-0.3, -0.25) is 10.0 Å². The number of carbonyl (C=O) groups is 1. The van der Waals surface area contributed by atoms with E-state index in [9.17, 15) is 14.4 Å². The molecule has 190 valence electrons. The van der Waals surface area contributed by atoms with Gasteiger partial charge in [0.15, 0.2) is 5.82 Å². The van der Waals surface area contributed by atoms with Crippen LogP contribution in [0, 0.1) is 12.7 Å². The number of ether oxygens (including phenoxy) is 1. The summed E-state index contributed by atoms with van der Waals surface area (Å²) >= 11 is 0. The monoisotopic (exact) mass is 509 g/mol. The first-order valence-corrected chi connectivity index (χ1v) is 12.7. The van der Waals surface area contributed by atoms with Gasteiger partial charge in [0.1, 0.15) is 18.0 Å². The van der Waals surface area contributed by atoms with Crippen molar-refractivity contribution in [3.05, 3.63) is 111 Å². The maximum Gasteiger partial charge on any atom is 0.258 e. The average molecular weight is 510 g/mol. The first-order valence-electron chi connectivity index (χ1n) is 12.7. The van der Waals surface area contributed by atoms with Gasteiger partial charge in [0.2, 0.25) is 6.20 Å². The predicted octanol–water partition coefficient (Wildman–Crippen LogP) is 4.63. The van der Waals surface area contributed by atoms with Crippen molar-refractivity contribution in [1.29, 1.82) is 0 Å². The van der Waals surface area contributed by atoms with E-state index in [0.29, 0.717) is 39.7 Å². The molecule has 4 aromatic rings. The van der Waals surface area contributed by atoms with Crippen molar-refractivity contribution in [3.63, 3.8) is 0 Å². The molecular formula is C30H26FN4O3+. The molecule has 1 fully saturated rings. The lowest BCUT2D eigenvalue weighted by atomic mass is 9.84. The minimum atomic E-state index is -0.519. The van der Waals surface area contributed by atoms with Crippen molar-refractivity contribution >= 4 is 11.7 Å². The molecule has 4 heterocycles. The molecule has 4 N–H and O–H groups in total. The molecule has 0 spiro atoms. The number of aryl methyl sites for hydroxylation is 1. The number of aromatic nitrogens is 2. The van der Waals surface area contributed by atoms with Gasteiger partial charge in [-0.05, 0) is 88.9 Å². The Kier molecular flexibility index (Phi) is 5.03. The summed E-state index contributed by atoms with van der Waals surface area (Å²) in [7, 11) is 0. The van der Waals surface area contributed by atoms with Gasteiger partial charge in [-0.25, -0.2) is 4.98 Å². The van der Waals surface area contributed by atoms with Gasteiger partial charge in [0.05, 0.1) is 0 Å². The van der Waals surface area contributed by atoms with Gasteiger partial charge in [-0.2, -0.15) is 4.39 Å². The van der Waals surface area contributed by atoms with Gasteiger partial charge in [0.25, 0.3) is 12.1 Å². The Labute approximate surface area is 218 Å². The van der Waals surface area contributed by atoms with Crippen molar-refractivity contribution in [3.8, 4) is 11.1 Å². The van der Waals surface area contributed by atoms with E-state index in [-0.39, 0.29) is 18.1 Å². The van der Waals surface area contributed by atoms with Crippen LogP contribution in [0.5, 0.6) is 0 Å². The summed E-state index contributed by atoms with van der Waals surface area (Å²) in [5.41, 5.74) is 14.7. The number of pyridine rings is 2. The SMILES string of the molecule is Cc1nc(N)cc(C2CC2)c1CNC(=O)c1ccc2c(c1)[C@@H]1O[C@H]2c2ccc(-c3cc[n+](O)cc3F)cc21. The number of carbonyl (C=O) groups excluding carboxylic acids is 1. The van der Waals surface area contributed by atoms with Crippen LogP contribution < -0.4 is 15.8 Å². The van der Waals surface area contributed by atoms with E-state index in [1.54, 1.807) is 0 Å². The summed E-state index contributed by atoms with van der Waals surface area (Å²) in [6.07, 6.45) is 4.17. The number of nitrogens with one attached hydrogen (secondary N) is 1. The number of fused-ring (bicyclic) bond motifs is 8. The third kappa shape index (κ3) is 3.63. The molecule has 7 nitrogen and oxygen atoms in total. The molecule has 8 heteroatoms. The Bertz CT molecular complexity index is 1650. The summed E-state index contributed by atoms with van der Waals surface area (Å²) in [5, 5.41) is 12.6. The lowest BCUT2D eigenvalue weighted by Gasteiger charge is -2.18. The number of benzene rings is 2. The van der Waals surface area contributed by atoms with Gasteiger partial charge in [-0.15, -0.1) is 0 Å². The summed E-state index contributed by atoms with van der Waals surface area (Å²) in [6, 6.07) is 15.0.